The first-order valence-electron chi connectivity index (χ1n) is 6.80. The smallest absolute Gasteiger partial charge is 0.258 e. The van der Waals surface area contributed by atoms with Crippen molar-refractivity contribution in [3.05, 3.63) is 44.8 Å². The van der Waals surface area contributed by atoms with E-state index in [0.717, 1.165) is 10.2 Å². The Labute approximate surface area is 135 Å². The van der Waals surface area contributed by atoms with Crippen LogP contribution in [0.25, 0.3) is 0 Å². The van der Waals surface area contributed by atoms with Gasteiger partial charge in [-0.25, -0.2) is 4.98 Å². The third-order valence-electron chi connectivity index (χ3n) is 3.15. The van der Waals surface area contributed by atoms with Crippen molar-refractivity contribution in [2.45, 2.75) is 25.3 Å². The fourth-order valence-corrected chi connectivity index (χ4v) is 3.10. The van der Waals surface area contributed by atoms with E-state index in [0.29, 0.717) is 18.2 Å². The van der Waals surface area contributed by atoms with E-state index in [-0.39, 0.29) is 12.5 Å². The molecule has 3 rings (SSSR count). The van der Waals surface area contributed by atoms with Gasteiger partial charge in [-0.2, -0.15) is 0 Å². The van der Waals surface area contributed by atoms with Gasteiger partial charge in [0.2, 0.25) is 0 Å². The molecule has 0 aliphatic heterocycles. The first kappa shape index (κ1) is 14.5. The highest BCUT2D eigenvalue weighted by atomic mass is 79.9. The summed E-state index contributed by atoms with van der Waals surface area (Å²) in [7, 11) is 0. The van der Waals surface area contributed by atoms with Crippen molar-refractivity contribution in [2.75, 3.05) is 6.61 Å². The maximum Gasteiger partial charge on any atom is 0.258 e. The number of ether oxygens (including phenoxy) is 1. The largest absolute Gasteiger partial charge is 0.484 e. The number of benzene rings is 1. The van der Waals surface area contributed by atoms with Crippen LogP contribution in [0.3, 0.4) is 0 Å². The number of halogens is 1. The highest BCUT2D eigenvalue weighted by molar-refractivity contribution is 9.10. The molecule has 0 spiro atoms. The van der Waals surface area contributed by atoms with Gasteiger partial charge >= 0.3 is 0 Å². The predicted octanol–water partition coefficient (Wildman–Crippen LogP) is 3.48. The standard InChI is InChI=1S/C15H15BrN2O2S/c16-11-3-5-13(6-4-11)20-8-14(19)17-7-12-9-21-15(18-12)10-1-2-10/h3-6,9-10H,1-2,7-8H2,(H,17,19). The second kappa shape index (κ2) is 6.58. The van der Waals surface area contributed by atoms with Gasteiger partial charge in [-0.3, -0.25) is 4.79 Å². The molecular weight excluding hydrogens is 352 g/mol. The topological polar surface area (TPSA) is 51.2 Å². The van der Waals surface area contributed by atoms with E-state index >= 15 is 0 Å². The summed E-state index contributed by atoms with van der Waals surface area (Å²) in [5, 5.41) is 6.04. The van der Waals surface area contributed by atoms with Gasteiger partial charge in [0, 0.05) is 15.8 Å². The Morgan fingerprint density at radius 3 is 2.86 bits per heavy atom. The van der Waals surface area contributed by atoms with Gasteiger partial charge in [-0.05, 0) is 37.1 Å². The molecule has 1 aliphatic rings. The number of carbonyl (C=O) groups excluding carboxylic acids is 1. The van der Waals surface area contributed by atoms with E-state index in [9.17, 15) is 4.79 Å². The lowest BCUT2D eigenvalue weighted by Gasteiger charge is -2.06. The number of thiazole rings is 1. The summed E-state index contributed by atoms with van der Waals surface area (Å²) in [4.78, 5) is 16.3. The maximum atomic E-state index is 11.7. The zero-order valence-electron chi connectivity index (χ0n) is 11.3. The summed E-state index contributed by atoms with van der Waals surface area (Å²) in [5.41, 5.74) is 0.930. The molecule has 0 bridgehead atoms. The normalized spacial score (nSPS) is 14.0. The first-order chi connectivity index (χ1) is 10.2. The molecule has 2 aromatic rings. The molecule has 1 aromatic carbocycles. The highest BCUT2D eigenvalue weighted by Gasteiger charge is 2.26. The summed E-state index contributed by atoms with van der Waals surface area (Å²) < 4.78 is 6.39. The van der Waals surface area contributed by atoms with Crippen LogP contribution in [0.1, 0.15) is 29.5 Å². The number of nitrogens with zero attached hydrogens (tertiary/aromatic N) is 1. The van der Waals surface area contributed by atoms with E-state index in [4.69, 9.17) is 4.74 Å². The number of hydrogen-bond acceptors (Lipinski definition) is 4. The molecular formula is C15H15BrN2O2S. The lowest BCUT2D eigenvalue weighted by atomic mass is 10.3. The molecule has 1 heterocycles. The fraction of sp³-hybridized carbons (Fsp3) is 0.333. The molecule has 1 amide bonds. The van der Waals surface area contributed by atoms with Gasteiger partial charge < -0.3 is 10.1 Å². The van der Waals surface area contributed by atoms with E-state index in [2.05, 4.69) is 26.2 Å². The summed E-state index contributed by atoms with van der Waals surface area (Å²) in [5.74, 6) is 1.21. The molecule has 110 valence electrons. The molecule has 1 aromatic heterocycles. The summed E-state index contributed by atoms with van der Waals surface area (Å²) >= 11 is 5.04. The van der Waals surface area contributed by atoms with Crippen LogP contribution in [0.5, 0.6) is 5.75 Å². The minimum atomic E-state index is -0.140. The van der Waals surface area contributed by atoms with Crippen molar-refractivity contribution in [2.24, 2.45) is 0 Å². The van der Waals surface area contributed by atoms with Crippen molar-refractivity contribution >= 4 is 33.2 Å². The number of hydrogen-bond donors (Lipinski definition) is 1. The Kier molecular flexibility index (Phi) is 4.55. The van der Waals surface area contributed by atoms with E-state index in [1.807, 2.05) is 29.6 Å². The number of rotatable bonds is 6. The van der Waals surface area contributed by atoms with Crippen molar-refractivity contribution in [3.63, 3.8) is 0 Å². The first-order valence-corrected chi connectivity index (χ1v) is 8.47. The number of amides is 1. The monoisotopic (exact) mass is 366 g/mol. The second-order valence-electron chi connectivity index (χ2n) is 4.97. The Balaban J connectivity index is 1.42. The predicted molar refractivity (Wildman–Crippen MR) is 85.6 cm³/mol. The van der Waals surface area contributed by atoms with Gasteiger partial charge in [0.1, 0.15) is 5.75 Å². The Morgan fingerprint density at radius 2 is 2.14 bits per heavy atom. The Hall–Kier alpha value is -1.40. The average molecular weight is 367 g/mol. The molecule has 21 heavy (non-hydrogen) atoms. The average Bonchev–Trinajstić information content (AvgIpc) is 3.23. The molecule has 0 unspecified atom stereocenters. The van der Waals surface area contributed by atoms with Crippen LogP contribution >= 0.6 is 27.3 Å². The quantitative estimate of drug-likeness (QED) is 0.851. The number of carbonyl (C=O) groups is 1. The van der Waals surface area contributed by atoms with Crippen molar-refractivity contribution < 1.29 is 9.53 Å². The van der Waals surface area contributed by atoms with E-state index in [1.165, 1.54) is 17.8 Å². The van der Waals surface area contributed by atoms with Gasteiger partial charge in [-0.1, -0.05) is 15.9 Å². The minimum Gasteiger partial charge on any atom is -0.484 e. The third kappa shape index (κ3) is 4.28. The second-order valence-corrected chi connectivity index (χ2v) is 6.78. The van der Waals surface area contributed by atoms with Gasteiger partial charge in [-0.15, -0.1) is 11.3 Å². The maximum absolute atomic E-state index is 11.7. The van der Waals surface area contributed by atoms with Crippen LogP contribution in [0.15, 0.2) is 34.1 Å². The van der Waals surface area contributed by atoms with Gasteiger partial charge in [0.25, 0.3) is 5.91 Å². The van der Waals surface area contributed by atoms with Crippen LogP contribution in [-0.2, 0) is 11.3 Å². The van der Waals surface area contributed by atoms with Crippen LogP contribution < -0.4 is 10.1 Å². The van der Waals surface area contributed by atoms with Crippen LogP contribution in [0.2, 0.25) is 0 Å². The molecule has 1 N–H and O–H groups in total. The SMILES string of the molecule is O=C(COc1ccc(Br)cc1)NCc1csc(C2CC2)n1. The number of nitrogens with one attached hydrogen (secondary N) is 1. The lowest BCUT2D eigenvalue weighted by molar-refractivity contribution is -0.123. The molecule has 0 atom stereocenters. The Morgan fingerprint density at radius 1 is 1.38 bits per heavy atom. The molecule has 6 heteroatoms. The van der Waals surface area contributed by atoms with Crippen molar-refractivity contribution in [1.29, 1.82) is 0 Å². The number of aromatic nitrogens is 1. The third-order valence-corrected chi connectivity index (χ3v) is 4.73. The molecule has 1 aliphatic carbocycles. The lowest BCUT2D eigenvalue weighted by Crippen LogP contribution is -2.28. The highest BCUT2D eigenvalue weighted by Crippen LogP contribution is 2.41. The van der Waals surface area contributed by atoms with Crippen LogP contribution in [-0.4, -0.2) is 17.5 Å². The van der Waals surface area contributed by atoms with Gasteiger partial charge in [0.05, 0.1) is 17.2 Å². The van der Waals surface area contributed by atoms with E-state index < -0.39 is 0 Å². The van der Waals surface area contributed by atoms with Crippen LogP contribution in [0, 0.1) is 0 Å². The van der Waals surface area contributed by atoms with Crippen LogP contribution in [0.4, 0.5) is 0 Å². The minimum absolute atomic E-state index is 0.0151. The Bertz CT molecular complexity index is 623. The zero-order chi connectivity index (χ0) is 14.7. The molecule has 0 saturated heterocycles. The zero-order valence-corrected chi connectivity index (χ0v) is 13.7. The van der Waals surface area contributed by atoms with Crippen molar-refractivity contribution in [3.8, 4) is 5.75 Å². The fourth-order valence-electron chi connectivity index (χ4n) is 1.84. The molecule has 0 radical (unpaired) electrons. The molecule has 1 saturated carbocycles. The van der Waals surface area contributed by atoms with E-state index in [1.54, 1.807) is 11.3 Å². The van der Waals surface area contributed by atoms with Crippen molar-refractivity contribution in [1.82, 2.24) is 10.3 Å². The molecule has 4 nitrogen and oxygen atoms in total. The summed E-state index contributed by atoms with van der Waals surface area (Å²) in [6.45, 7) is 0.479. The summed E-state index contributed by atoms with van der Waals surface area (Å²) in [6.07, 6.45) is 2.50. The summed E-state index contributed by atoms with van der Waals surface area (Å²) in [6, 6.07) is 7.39. The van der Waals surface area contributed by atoms with Gasteiger partial charge in [0.15, 0.2) is 6.61 Å². The molecule has 1 fully saturated rings.